The minimum atomic E-state index is -1.20. The molecule has 0 atom stereocenters. The number of carbonyl (C=O) groups is 1. The lowest BCUT2D eigenvalue weighted by molar-refractivity contribution is 0.209. The Kier molecular flexibility index (Phi) is 3.71. The molecule has 2 heterocycles. The van der Waals surface area contributed by atoms with Crippen LogP contribution >= 0.6 is 0 Å². The van der Waals surface area contributed by atoms with E-state index >= 15 is 0 Å². The average molecular weight is 313 g/mol. The van der Waals surface area contributed by atoms with Crippen LogP contribution in [-0.2, 0) is 0 Å². The lowest BCUT2D eigenvalue weighted by atomic mass is 10.1. The Balaban J connectivity index is 1.95. The van der Waals surface area contributed by atoms with E-state index in [-0.39, 0.29) is 11.6 Å². The normalized spacial score (nSPS) is 12.7. The van der Waals surface area contributed by atoms with Crippen LogP contribution in [0.5, 0.6) is 5.75 Å². The Labute approximate surface area is 132 Å². The van der Waals surface area contributed by atoms with Gasteiger partial charge < -0.3 is 20.9 Å². The van der Waals surface area contributed by atoms with E-state index in [1.54, 1.807) is 13.2 Å². The van der Waals surface area contributed by atoms with Crippen molar-refractivity contribution >= 4 is 34.8 Å². The van der Waals surface area contributed by atoms with Crippen LogP contribution in [0, 0.1) is 0 Å². The lowest BCUT2D eigenvalue weighted by Crippen LogP contribution is -2.20. The molecule has 1 aromatic heterocycles. The van der Waals surface area contributed by atoms with Crippen LogP contribution < -0.4 is 21.1 Å². The van der Waals surface area contributed by atoms with E-state index < -0.39 is 6.09 Å². The topological polar surface area (TPSA) is 122 Å². The summed E-state index contributed by atoms with van der Waals surface area (Å²) in [5.74, 6) is 1.08. The number of rotatable bonds is 3. The molecule has 3 rings (SSSR count). The smallest absolute Gasteiger partial charge is 0.410 e. The van der Waals surface area contributed by atoms with Crippen molar-refractivity contribution < 1.29 is 14.6 Å². The molecule has 0 unspecified atom stereocenters. The van der Waals surface area contributed by atoms with Gasteiger partial charge in [0.05, 0.1) is 25.1 Å². The molecule has 8 nitrogen and oxygen atoms in total. The number of benzene rings is 1. The van der Waals surface area contributed by atoms with E-state index in [4.69, 9.17) is 15.6 Å². The number of ether oxygens (including phenoxy) is 1. The number of carboxylic acid groups (broad SMARTS) is 1. The molecule has 8 heteroatoms. The van der Waals surface area contributed by atoms with Crippen molar-refractivity contribution in [3.05, 3.63) is 35.9 Å². The van der Waals surface area contributed by atoms with E-state index in [1.807, 2.05) is 24.3 Å². The number of hydrogen-bond donors (Lipinski definition) is 4. The number of nitrogens with two attached hydrogens (primary N) is 1. The summed E-state index contributed by atoms with van der Waals surface area (Å²) in [4.78, 5) is 19.2. The van der Waals surface area contributed by atoms with Gasteiger partial charge in [0.2, 0.25) is 0 Å². The van der Waals surface area contributed by atoms with Crippen molar-refractivity contribution in [2.45, 2.75) is 0 Å². The van der Waals surface area contributed by atoms with Gasteiger partial charge in [0.1, 0.15) is 17.3 Å². The van der Waals surface area contributed by atoms with Gasteiger partial charge in [-0.3, -0.25) is 5.32 Å². The second-order valence-electron chi connectivity index (χ2n) is 4.86. The van der Waals surface area contributed by atoms with Gasteiger partial charge in [-0.25, -0.2) is 14.8 Å². The Morgan fingerprint density at radius 1 is 1.39 bits per heavy atom. The van der Waals surface area contributed by atoms with Gasteiger partial charge in [0, 0.05) is 6.07 Å². The third kappa shape index (κ3) is 3.00. The molecule has 118 valence electrons. The Morgan fingerprint density at radius 2 is 2.13 bits per heavy atom. The molecule has 1 aliphatic heterocycles. The molecule has 2 aromatic rings. The molecule has 0 aliphatic carbocycles. The second kappa shape index (κ2) is 5.84. The van der Waals surface area contributed by atoms with Gasteiger partial charge in [0.25, 0.3) is 0 Å². The Bertz CT molecular complexity index is 786. The van der Waals surface area contributed by atoms with Crippen LogP contribution in [0.3, 0.4) is 0 Å². The zero-order chi connectivity index (χ0) is 16.4. The molecule has 1 aromatic carbocycles. The Morgan fingerprint density at radius 3 is 2.78 bits per heavy atom. The van der Waals surface area contributed by atoms with Gasteiger partial charge in [-0.15, -0.1) is 0 Å². The van der Waals surface area contributed by atoms with Crippen LogP contribution in [0.25, 0.3) is 0 Å². The van der Waals surface area contributed by atoms with Crippen molar-refractivity contribution in [1.82, 2.24) is 4.98 Å². The Hall–Kier alpha value is -3.29. The third-order valence-corrected chi connectivity index (χ3v) is 3.37. The van der Waals surface area contributed by atoms with E-state index in [0.717, 1.165) is 17.0 Å². The summed E-state index contributed by atoms with van der Waals surface area (Å²) >= 11 is 0. The number of pyridine rings is 1. The standard InChI is InChI=1S/C15H15N5O3/c1-23-9-4-2-8(3-5-9)11-7-17-10-6-12(20-15(21)22)19-14(16)13(10)18-11/h2-6,17H,7H2,1H3,(H,21,22)(H3,16,19,20). The number of nitrogens with one attached hydrogen (secondary N) is 2. The van der Waals surface area contributed by atoms with Gasteiger partial charge in [-0.1, -0.05) is 0 Å². The number of aliphatic imine (C=N–C) groups is 1. The lowest BCUT2D eigenvalue weighted by Gasteiger charge is -2.19. The first-order valence-corrected chi connectivity index (χ1v) is 6.83. The van der Waals surface area contributed by atoms with Crippen molar-refractivity contribution in [3.8, 4) is 5.75 Å². The monoisotopic (exact) mass is 313 g/mol. The highest BCUT2D eigenvalue weighted by molar-refractivity contribution is 6.08. The fourth-order valence-corrected chi connectivity index (χ4v) is 2.29. The summed E-state index contributed by atoms with van der Waals surface area (Å²) in [7, 11) is 1.61. The molecule has 1 amide bonds. The number of nitrogens with zero attached hydrogens (tertiary/aromatic N) is 2. The van der Waals surface area contributed by atoms with Gasteiger partial charge in [-0.05, 0) is 29.8 Å². The average Bonchev–Trinajstić information content (AvgIpc) is 2.54. The first-order valence-electron chi connectivity index (χ1n) is 6.83. The molecule has 0 bridgehead atoms. The number of aromatic nitrogens is 1. The van der Waals surface area contributed by atoms with Crippen molar-refractivity contribution in [2.24, 2.45) is 4.99 Å². The quantitative estimate of drug-likeness (QED) is 0.689. The molecular weight excluding hydrogens is 298 g/mol. The van der Waals surface area contributed by atoms with Crippen molar-refractivity contribution in [1.29, 1.82) is 0 Å². The first-order chi connectivity index (χ1) is 11.1. The van der Waals surface area contributed by atoms with Crippen LogP contribution in [-0.4, -0.2) is 35.5 Å². The molecule has 1 aliphatic rings. The number of methoxy groups -OCH3 is 1. The molecule has 0 saturated heterocycles. The van der Waals surface area contributed by atoms with Gasteiger partial charge >= 0.3 is 6.09 Å². The minimum Gasteiger partial charge on any atom is -0.497 e. The van der Waals surface area contributed by atoms with Crippen LogP contribution in [0.4, 0.5) is 27.8 Å². The van der Waals surface area contributed by atoms with Crippen LogP contribution in [0.1, 0.15) is 5.56 Å². The van der Waals surface area contributed by atoms with E-state index in [0.29, 0.717) is 17.9 Å². The number of fused-ring (bicyclic) bond motifs is 1. The minimum absolute atomic E-state index is 0.157. The molecule has 5 N–H and O–H groups in total. The van der Waals surface area contributed by atoms with E-state index in [9.17, 15) is 4.79 Å². The summed E-state index contributed by atoms with van der Waals surface area (Å²) in [6, 6.07) is 9.10. The van der Waals surface area contributed by atoms with E-state index in [2.05, 4.69) is 20.6 Å². The maximum Gasteiger partial charge on any atom is 0.410 e. The highest BCUT2D eigenvalue weighted by atomic mass is 16.5. The van der Waals surface area contributed by atoms with Crippen molar-refractivity contribution in [2.75, 3.05) is 30.0 Å². The zero-order valence-corrected chi connectivity index (χ0v) is 12.3. The van der Waals surface area contributed by atoms with Crippen LogP contribution in [0.15, 0.2) is 35.3 Å². The molecule has 0 radical (unpaired) electrons. The summed E-state index contributed by atoms with van der Waals surface area (Å²) in [6.07, 6.45) is -1.20. The van der Waals surface area contributed by atoms with E-state index in [1.165, 1.54) is 0 Å². The van der Waals surface area contributed by atoms with Gasteiger partial charge in [0.15, 0.2) is 5.82 Å². The summed E-state index contributed by atoms with van der Waals surface area (Å²) < 4.78 is 5.14. The number of amides is 1. The van der Waals surface area contributed by atoms with Crippen LogP contribution in [0.2, 0.25) is 0 Å². The maximum atomic E-state index is 10.7. The SMILES string of the molecule is COc1ccc(C2=Nc3c(cc(NC(=O)O)nc3N)NC2)cc1. The highest BCUT2D eigenvalue weighted by Gasteiger charge is 2.18. The first kappa shape index (κ1) is 14.6. The fraction of sp³-hybridized carbons (Fsp3) is 0.133. The molecule has 0 spiro atoms. The third-order valence-electron chi connectivity index (χ3n) is 3.37. The predicted molar refractivity (Wildman–Crippen MR) is 88.0 cm³/mol. The largest absolute Gasteiger partial charge is 0.497 e. The summed E-state index contributed by atoms with van der Waals surface area (Å²) in [5.41, 5.74) is 8.78. The maximum absolute atomic E-state index is 10.7. The second-order valence-corrected chi connectivity index (χ2v) is 4.86. The highest BCUT2D eigenvalue weighted by Crippen LogP contribution is 2.35. The predicted octanol–water partition coefficient (Wildman–Crippen LogP) is 2.31. The summed E-state index contributed by atoms with van der Waals surface area (Å²) in [6.45, 7) is 0.495. The fourth-order valence-electron chi connectivity index (χ4n) is 2.29. The molecule has 23 heavy (non-hydrogen) atoms. The molecular formula is C15H15N5O3. The number of nitrogen functional groups attached to an aromatic ring is 1. The van der Waals surface area contributed by atoms with Crippen molar-refractivity contribution in [3.63, 3.8) is 0 Å². The number of anilines is 3. The molecule has 0 saturated carbocycles. The zero-order valence-electron chi connectivity index (χ0n) is 12.3. The van der Waals surface area contributed by atoms with Gasteiger partial charge in [-0.2, -0.15) is 0 Å². The molecule has 0 fully saturated rings. The number of hydrogen-bond acceptors (Lipinski definition) is 6. The summed E-state index contributed by atoms with van der Waals surface area (Å²) in [5, 5.41) is 14.1.